The highest BCUT2D eigenvalue weighted by Crippen LogP contribution is 2.12. The normalized spacial score (nSPS) is 9.17. The molecule has 0 spiro atoms. The van der Waals surface area contributed by atoms with Gasteiger partial charge in [-0.25, -0.2) is 0 Å². The first-order valence-corrected chi connectivity index (χ1v) is 4.44. The first kappa shape index (κ1) is 9.14. The molecule has 0 unspecified atom stereocenters. The highest BCUT2D eigenvalue weighted by Gasteiger charge is 2.01. The van der Waals surface area contributed by atoms with Gasteiger partial charge in [0.1, 0.15) is 0 Å². The Labute approximate surface area is 79.8 Å². The van der Waals surface area contributed by atoms with E-state index in [0.717, 1.165) is 0 Å². The van der Waals surface area contributed by atoms with E-state index in [-0.39, 0.29) is 0 Å². The summed E-state index contributed by atoms with van der Waals surface area (Å²) < 4.78 is 3.99. The number of aromatic nitrogens is 2. The van der Waals surface area contributed by atoms with Crippen molar-refractivity contribution in [3.8, 4) is 0 Å². The number of nitrogens with zero attached hydrogens (tertiary/aromatic N) is 2. The first-order valence-electron chi connectivity index (χ1n) is 3.26. The molecule has 1 aromatic heterocycles. The van der Waals surface area contributed by atoms with E-state index in [0.29, 0.717) is 16.2 Å². The van der Waals surface area contributed by atoms with Crippen molar-refractivity contribution in [1.82, 2.24) is 14.7 Å². The molecule has 7 heteroatoms. The van der Waals surface area contributed by atoms with Gasteiger partial charge in [-0.3, -0.25) is 0 Å². The molecule has 1 heterocycles. The summed E-state index contributed by atoms with van der Waals surface area (Å²) in [5.74, 6) is 0.599. The molecular weight excluding hydrogens is 194 g/mol. The van der Waals surface area contributed by atoms with Crippen LogP contribution in [0.5, 0.6) is 0 Å². The SMILES string of the molecule is CNC(=S)Nc1nc(NC)ns1. The molecule has 0 radical (unpaired) electrons. The molecule has 0 saturated carbocycles. The topological polar surface area (TPSA) is 61.9 Å². The molecule has 1 rings (SSSR count). The molecule has 0 aromatic carbocycles. The summed E-state index contributed by atoms with van der Waals surface area (Å²) in [5.41, 5.74) is 0. The van der Waals surface area contributed by atoms with Crippen molar-refractivity contribution in [2.75, 3.05) is 24.7 Å². The van der Waals surface area contributed by atoms with E-state index in [1.165, 1.54) is 11.5 Å². The predicted octanol–water partition coefficient (Wildman–Crippen LogP) is 0.496. The zero-order chi connectivity index (χ0) is 8.97. The van der Waals surface area contributed by atoms with Crippen LogP contribution in [0.1, 0.15) is 0 Å². The molecule has 0 saturated heterocycles. The zero-order valence-electron chi connectivity index (χ0n) is 6.71. The fraction of sp³-hybridized carbons (Fsp3) is 0.400. The summed E-state index contributed by atoms with van der Waals surface area (Å²) in [6.45, 7) is 0. The zero-order valence-corrected chi connectivity index (χ0v) is 8.34. The first-order chi connectivity index (χ1) is 5.76. The minimum Gasteiger partial charge on any atom is -0.365 e. The van der Waals surface area contributed by atoms with Gasteiger partial charge in [-0.2, -0.15) is 9.36 Å². The van der Waals surface area contributed by atoms with Crippen molar-refractivity contribution < 1.29 is 0 Å². The maximum absolute atomic E-state index is 4.88. The number of hydrogen-bond acceptors (Lipinski definition) is 5. The van der Waals surface area contributed by atoms with Crippen LogP contribution in [0.15, 0.2) is 0 Å². The van der Waals surface area contributed by atoms with E-state index in [1.807, 2.05) is 0 Å². The molecule has 0 aliphatic heterocycles. The van der Waals surface area contributed by atoms with Gasteiger partial charge in [0.15, 0.2) is 5.11 Å². The fourth-order valence-corrected chi connectivity index (χ4v) is 1.28. The minimum atomic E-state index is 0.536. The molecule has 12 heavy (non-hydrogen) atoms. The molecule has 0 bridgehead atoms. The Kier molecular flexibility index (Phi) is 3.18. The van der Waals surface area contributed by atoms with Gasteiger partial charge in [-0.1, -0.05) is 0 Å². The molecule has 5 nitrogen and oxygen atoms in total. The summed E-state index contributed by atoms with van der Waals surface area (Å²) in [6.07, 6.45) is 0. The number of thiocarbonyl (C=S) groups is 1. The maximum atomic E-state index is 4.88. The molecule has 0 fully saturated rings. The van der Waals surface area contributed by atoms with Crippen LogP contribution in [-0.2, 0) is 0 Å². The summed E-state index contributed by atoms with van der Waals surface area (Å²) >= 11 is 6.13. The smallest absolute Gasteiger partial charge is 0.236 e. The Bertz CT molecular complexity index is 271. The molecule has 3 N–H and O–H groups in total. The van der Waals surface area contributed by atoms with Gasteiger partial charge in [0, 0.05) is 25.6 Å². The van der Waals surface area contributed by atoms with E-state index in [4.69, 9.17) is 12.2 Å². The second-order valence-corrected chi connectivity index (χ2v) is 3.04. The van der Waals surface area contributed by atoms with Gasteiger partial charge in [0.05, 0.1) is 0 Å². The number of rotatable bonds is 2. The van der Waals surface area contributed by atoms with Gasteiger partial charge in [0.25, 0.3) is 0 Å². The number of hydrogen-bond donors (Lipinski definition) is 3. The molecular formula is C5H9N5S2. The molecule has 66 valence electrons. The van der Waals surface area contributed by atoms with E-state index >= 15 is 0 Å². The third-order valence-corrected chi connectivity index (χ3v) is 2.03. The van der Waals surface area contributed by atoms with Gasteiger partial charge >= 0.3 is 0 Å². The lowest BCUT2D eigenvalue weighted by atomic mass is 10.9. The quantitative estimate of drug-likeness (QED) is 0.608. The van der Waals surface area contributed by atoms with E-state index < -0.39 is 0 Å². The summed E-state index contributed by atoms with van der Waals surface area (Å²) in [5, 5.41) is 9.69. The summed E-state index contributed by atoms with van der Waals surface area (Å²) in [4.78, 5) is 4.07. The lowest BCUT2D eigenvalue weighted by Gasteiger charge is -2.00. The predicted molar refractivity (Wildman–Crippen MR) is 54.7 cm³/mol. The minimum absolute atomic E-state index is 0.536. The Morgan fingerprint density at radius 3 is 2.75 bits per heavy atom. The van der Waals surface area contributed by atoms with Gasteiger partial charge in [-0.15, -0.1) is 0 Å². The van der Waals surface area contributed by atoms with Crippen molar-refractivity contribution in [3.05, 3.63) is 0 Å². The van der Waals surface area contributed by atoms with Crippen molar-refractivity contribution in [1.29, 1.82) is 0 Å². The van der Waals surface area contributed by atoms with Crippen LogP contribution in [0.3, 0.4) is 0 Å². The lowest BCUT2D eigenvalue weighted by molar-refractivity contribution is 1.19. The standard InChI is InChI=1S/C5H9N5S2/c1-6-3-8-5(12-10-3)9-4(11)7-2/h1-2H3,(H3,6,7,8,9,10,11). The molecule has 0 aliphatic carbocycles. The van der Waals surface area contributed by atoms with Crippen molar-refractivity contribution in [3.63, 3.8) is 0 Å². The number of anilines is 2. The van der Waals surface area contributed by atoms with E-state index in [9.17, 15) is 0 Å². The highest BCUT2D eigenvalue weighted by molar-refractivity contribution is 7.80. The van der Waals surface area contributed by atoms with Crippen LogP contribution < -0.4 is 16.0 Å². The van der Waals surface area contributed by atoms with E-state index in [1.54, 1.807) is 14.1 Å². The molecule has 0 amide bonds. The molecule has 1 aromatic rings. The second-order valence-electron chi connectivity index (χ2n) is 1.88. The summed E-state index contributed by atoms with van der Waals surface area (Å²) in [6, 6.07) is 0. The van der Waals surface area contributed by atoms with Crippen molar-refractivity contribution in [2.45, 2.75) is 0 Å². The van der Waals surface area contributed by atoms with Crippen LogP contribution in [0.2, 0.25) is 0 Å². The van der Waals surface area contributed by atoms with Crippen LogP contribution in [0.4, 0.5) is 11.1 Å². The average Bonchev–Trinajstić information content (AvgIpc) is 2.52. The Morgan fingerprint density at radius 2 is 2.25 bits per heavy atom. The van der Waals surface area contributed by atoms with Gasteiger partial charge in [0.2, 0.25) is 11.1 Å². The second kappa shape index (κ2) is 4.17. The molecule has 0 atom stereocenters. The fourth-order valence-electron chi connectivity index (χ4n) is 0.535. The van der Waals surface area contributed by atoms with E-state index in [2.05, 4.69) is 25.3 Å². The van der Waals surface area contributed by atoms with Crippen LogP contribution in [0, 0.1) is 0 Å². The molecule has 0 aliphatic rings. The van der Waals surface area contributed by atoms with Crippen LogP contribution in [0.25, 0.3) is 0 Å². The lowest BCUT2D eigenvalue weighted by Crippen LogP contribution is -2.23. The van der Waals surface area contributed by atoms with Gasteiger partial charge < -0.3 is 16.0 Å². The van der Waals surface area contributed by atoms with Gasteiger partial charge in [-0.05, 0) is 12.2 Å². The maximum Gasteiger partial charge on any atom is 0.236 e. The number of nitrogens with one attached hydrogen (secondary N) is 3. The Morgan fingerprint density at radius 1 is 1.50 bits per heavy atom. The third-order valence-electron chi connectivity index (χ3n) is 1.10. The van der Waals surface area contributed by atoms with Crippen LogP contribution in [-0.4, -0.2) is 28.6 Å². The van der Waals surface area contributed by atoms with Crippen LogP contribution >= 0.6 is 23.8 Å². The monoisotopic (exact) mass is 203 g/mol. The third kappa shape index (κ3) is 2.28. The summed E-state index contributed by atoms with van der Waals surface area (Å²) in [7, 11) is 3.51. The Hall–Kier alpha value is -0.950. The highest BCUT2D eigenvalue weighted by atomic mass is 32.1. The largest absolute Gasteiger partial charge is 0.365 e. The van der Waals surface area contributed by atoms with Crippen molar-refractivity contribution >= 4 is 39.9 Å². The average molecular weight is 203 g/mol. The Balaban J connectivity index is 2.58. The van der Waals surface area contributed by atoms with Crippen molar-refractivity contribution in [2.24, 2.45) is 0 Å².